The van der Waals surface area contributed by atoms with Crippen molar-refractivity contribution in [1.29, 1.82) is 0 Å². The maximum absolute atomic E-state index is 9.64. The van der Waals surface area contributed by atoms with Crippen molar-refractivity contribution in [2.75, 3.05) is 100 Å². The highest BCUT2D eigenvalue weighted by Gasteiger charge is 2.51. The van der Waals surface area contributed by atoms with Crippen molar-refractivity contribution in [1.82, 2.24) is 41.7 Å². The summed E-state index contributed by atoms with van der Waals surface area (Å²) in [4.78, 5) is 15.5. The van der Waals surface area contributed by atoms with Gasteiger partial charge in [0.2, 0.25) is 0 Å². The zero-order valence-electron chi connectivity index (χ0n) is 42.1. The van der Waals surface area contributed by atoms with Crippen LogP contribution in [0.15, 0.2) is 70.6 Å². The Balaban J connectivity index is 0.637. The molecule has 8 aliphatic heterocycles. The molecule has 8 atom stereocenters. The minimum absolute atomic E-state index is 0.0332. The van der Waals surface area contributed by atoms with Crippen LogP contribution in [0.2, 0.25) is 5.04 Å². The van der Waals surface area contributed by atoms with E-state index in [9.17, 15) is 5.11 Å². The van der Waals surface area contributed by atoms with E-state index in [1.807, 2.05) is 11.8 Å². The van der Waals surface area contributed by atoms with Crippen LogP contribution in [-0.2, 0) is 4.43 Å². The van der Waals surface area contributed by atoms with Crippen molar-refractivity contribution in [3.63, 3.8) is 0 Å². The minimum atomic E-state index is -2.59. The van der Waals surface area contributed by atoms with Gasteiger partial charge < -0.3 is 30.0 Å². The third kappa shape index (κ3) is 12.0. The molecule has 2 aromatic rings. The van der Waals surface area contributed by atoms with E-state index in [0.717, 1.165) is 130 Å². The fraction of sp³-hybridized carbons (Fsp3) is 0.692. The molecule has 0 aromatic heterocycles. The summed E-state index contributed by atoms with van der Waals surface area (Å²) in [6.07, 6.45) is 9.07. The first-order chi connectivity index (χ1) is 34.2. The van der Waals surface area contributed by atoms with Gasteiger partial charge in [-0.15, -0.1) is 0 Å². The van der Waals surface area contributed by atoms with Gasteiger partial charge >= 0.3 is 11.9 Å². The Labute approximate surface area is 432 Å². The van der Waals surface area contributed by atoms with E-state index in [0.29, 0.717) is 42.9 Å². The molecule has 2 fully saturated rings. The SMILES string of the molecule is CC(C)(C)[Si](OC[C@H]1CC[N+]2=C(N1)N[C@@H](CSC[C@H]1CCN3CC[C@H](CSC[C@H]4CCN5CC[C@H](CSC[C@H]6CC[N+]7=C(N6)N[C@@H](CO)CC7)N=C5N4)NC3=N1)CC2)(c1ccccc1)c1ccccc1. The number of fused-ring (bicyclic) bond motifs is 2. The van der Waals surface area contributed by atoms with Gasteiger partial charge in [-0.1, -0.05) is 81.4 Å². The third-order valence-corrected chi connectivity index (χ3v) is 24.7. The second-order valence-corrected chi connectivity index (χ2v) is 29.5. The summed E-state index contributed by atoms with van der Waals surface area (Å²) in [6.45, 7) is 16.7. The predicted octanol–water partition coefficient (Wildman–Crippen LogP) is 2.52. The molecule has 0 aliphatic carbocycles. The van der Waals surface area contributed by atoms with Gasteiger partial charge in [-0.25, -0.2) is 9.98 Å². The molecule has 2 aromatic carbocycles. The first kappa shape index (κ1) is 50.2. The fourth-order valence-electron chi connectivity index (χ4n) is 11.7. The van der Waals surface area contributed by atoms with Crippen LogP contribution in [0.1, 0.15) is 72.1 Å². The van der Waals surface area contributed by atoms with Crippen LogP contribution in [-0.4, -0.2) is 205 Å². The predicted molar refractivity (Wildman–Crippen MR) is 297 cm³/mol. The molecular weight excluding hydrogens is 949 g/mol. The molecule has 0 unspecified atom stereocenters. The zero-order chi connectivity index (χ0) is 47.9. The van der Waals surface area contributed by atoms with Gasteiger partial charge in [0.1, 0.15) is 6.04 Å². The van der Waals surface area contributed by atoms with E-state index >= 15 is 0 Å². The number of nitrogens with zero attached hydrogens (tertiary/aromatic N) is 6. The number of hydrogen-bond acceptors (Lipinski definition) is 15. The van der Waals surface area contributed by atoms with E-state index in [-0.39, 0.29) is 23.7 Å². The summed E-state index contributed by atoms with van der Waals surface area (Å²) >= 11 is 6.21. The Bertz CT molecular complexity index is 2140. The van der Waals surface area contributed by atoms with Gasteiger partial charge in [0, 0.05) is 98.5 Å². The highest BCUT2D eigenvalue weighted by atomic mass is 32.2. The molecule has 18 heteroatoms. The largest absolute Gasteiger partial charge is 0.404 e. The lowest BCUT2D eigenvalue weighted by Gasteiger charge is -2.44. The molecule has 14 nitrogen and oxygen atoms in total. The van der Waals surface area contributed by atoms with Gasteiger partial charge in [0.15, 0.2) is 11.9 Å². The Kier molecular flexibility index (Phi) is 16.7. The number of guanidine groups is 4. The molecule has 8 aliphatic rings. The lowest BCUT2D eigenvalue weighted by Crippen LogP contribution is -2.68. The van der Waals surface area contributed by atoms with Gasteiger partial charge in [-0.2, -0.15) is 35.3 Å². The van der Waals surface area contributed by atoms with E-state index in [2.05, 4.69) is 156 Å². The number of aliphatic hydroxyl groups excluding tert-OH is 1. The van der Waals surface area contributed by atoms with Crippen LogP contribution in [0, 0.1) is 0 Å². The highest BCUT2D eigenvalue weighted by Crippen LogP contribution is 2.37. The molecule has 0 bridgehead atoms. The summed E-state index contributed by atoms with van der Waals surface area (Å²) in [7, 11) is -2.59. The van der Waals surface area contributed by atoms with Crippen LogP contribution < -0.4 is 42.3 Å². The van der Waals surface area contributed by atoms with Crippen molar-refractivity contribution < 1.29 is 18.7 Å². The van der Waals surface area contributed by atoms with Gasteiger partial charge in [-0.3, -0.25) is 30.4 Å². The second-order valence-electron chi connectivity index (χ2n) is 22.0. The second kappa shape index (κ2) is 23.3. The van der Waals surface area contributed by atoms with Gasteiger partial charge in [0.25, 0.3) is 8.32 Å². The lowest BCUT2D eigenvalue weighted by atomic mass is 10.1. The summed E-state index contributed by atoms with van der Waals surface area (Å²) in [5.74, 6) is 11.2. The Morgan fingerprint density at radius 1 is 0.543 bits per heavy atom. The molecule has 0 saturated carbocycles. The van der Waals surface area contributed by atoms with E-state index in [4.69, 9.17) is 14.4 Å². The number of aliphatic hydroxyl groups is 1. The van der Waals surface area contributed by atoms with Crippen LogP contribution >= 0.6 is 35.3 Å². The van der Waals surface area contributed by atoms with Crippen molar-refractivity contribution >= 4 is 77.8 Å². The molecular formula is C52H82N12O2S3Si+2. The van der Waals surface area contributed by atoms with Crippen LogP contribution in [0.5, 0.6) is 0 Å². The fourth-order valence-corrected chi connectivity index (χ4v) is 19.9. The highest BCUT2D eigenvalue weighted by molar-refractivity contribution is 7.99. The average molecular weight is 1030 g/mol. The van der Waals surface area contributed by atoms with Crippen molar-refractivity contribution in [2.24, 2.45) is 9.98 Å². The molecule has 7 N–H and O–H groups in total. The molecule has 70 heavy (non-hydrogen) atoms. The standard InChI is InChI=1S/C52H80N12O2S3Si/c1-52(2,3)70(46-10-6-4-7-11-46,47-12-8-5-9-13-47)66-31-39-15-23-62-25-17-41(56-49(62)54-39)33-68-35-43-19-27-64-29-21-45(60-51(64)58-43)37-69-36-44-20-28-63-26-18-42(57-50(63)59-44)34-67-32-40-16-24-61-22-14-38(30-65)53-48(61)55-40/h4-13,38-45,65H,14-37H2,1-3H3,(H4,53,54,55,56,57,58,59,60)/p+2/t38-,39-,40-,41-,42-,43-,44-,45-/m1/s1. The molecule has 2 saturated heterocycles. The minimum Gasteiger partial charge on any atom is -0.404 e. The summed E-state index contributed by atoms with van der Waals surface area (Å²) in [5, 5.41) is 35.1. The number of aliphatic imine (C=N–C) groups is 2. The first-order valence-electron chi connectivity index (χ1n) is 26.8. The first-order valence-corrected chi connectivity index (χ1v) is 32.1. The van der Waals surface area contributed by atoms with Crippen molar-refractivity contribution in [3.05, 3.63) is 60.7 Å². The quantitative estimate of drug-likeness (QED) is 0.0872. The number of rotatable bonds is 18. The number of benzene rings is 2. The summed E-state index contributed by atoms with van der Waals surface area (Å²) in [6, 6.07) is 25.1. The maximum atomic E-state index is 9.64. The Morgan fingerprint density at radius 2 is 0.943 bits per heavy atom. The van der Waals surface area contributed by atoms with E-state index < -0.39 is 8.32 Å². The van der Waals surface area contributed by atoms with Crippen LogP contribution in [0.3, 0.4) is 0 Å². The maximum Gasteiger partial charge on any atom is 0.346 e. The van der Waals surface area contributed by atoms with E-state index in [1.165, 1.54) is 42.0 Å². The zero-order valence-corrected chi connectivity index (χ0v) is 45.6. The Morgan fingerprint density at radius 3 is 1.41 bits per heavy atom. The normalized spacial score (nSPS) is 29.0. The molecule has 8 heterocycles. The number of thioether (sulfide) groups is 3. The van der Waals surface area contributed by atoms with Crippen LogP contribution in [0.4, 0.5) is 0 Å². The van der Waals surface area contributed by atoms with Crippen LogP contribution in [0.25, 0.3) is 0 Å². The van der Waals surface area contributed by atoms with Gasteiger partial charge in [-0.05, 0) is 41.1 Å². The molecule has 0 radical (unpaired) electrons. The summed E-state index contributed by atoms with van der Waals surface area (Å²) < 4.78 is 12.3. The van der Waals surface area contributed by atoms with Crippen molar-refractivity contribution in [2.45, 2.75) is 126 Å². The summed E-state index contributed by atoms with van der Waals surface area (Å²) in [5.41, 5.74) is 0. The topological polar surface area (TPSA) is 139 Å². The number of hydrogen-bond donors (Lipinski definition) is 7. The Hall–Kier alpha value is -3.29. The third-order valence-electron chi connectivity index (χ3n) is 15.9. The molecule has 10 rings (SSSR count). The molecule has 0 amide bonds. The monoisotopic (exact) mass is 1030 g/mol. The average Bonchev–Trinajstić information content (AvgIpc) is 3.38. The lowest BCUT2D eigenvalue weighted by molar-refractivity contribution is -0.542. The molecule has 382 valence electrons. The van der Waals surface area contributed by atoms with Crippen molar-refractivity contribution in [3.8, 4) is 0 Å². The molecule has 0 spiro atoms. The number of nitrogens with one attached hydrogen (secondary N) is 6. The van der Waals surface area contributed by atoms with Gasteiger partial charge in [0.05, 0.1) is 69.6 Å². The smallest absolute Gasteiger partial charge is 0.346 e. The van der Waals surface area contributed by atoms with E-state index in [1.54, 1.807) is 0 Å².